The second kappa shape index (κ2) is 5.22. The van der Waals surface area contributed by atoms with Gasteiger partial charge >= 0.3 is 0 Å². The molecule has 19 heavy (non-hydrogen) atoms. The number of aliphatic hydroxyl groups is 1. The first-order chi connectivity index (χ1) is 9.19. The van der Waals surface area contributed by atoms with Crippen LogP contribution in [0.15, 0.2) is 18.3 Å². The average molecular weight is 261 g/mol. The zero-order valence-corrected chi connectivity index (χ0v) is 11.6. The van der Waals surface area contributed by atoms with Crippen LogP contribution in [0.3, 0.4) is 0 Å². The van der Waals surface area contributed by atoms with Crippen molar-refractivity contribution in [3.63, 3.8) is 0 Å². The summed E-state index contributed by atoms with van der Waals surface area (Å²) in [6.45, 7) is 2.77. The van der Waals surface area contributed by atoms with Gasteiger partial charge in [0.15, 0.2) is 0 Å². The first kappa shape index (κ1) is 13.1. The van der Waals surface area contributed by atoms with Gasteiger partial charge in [0.2, 0.25) is 0 Å². The van der Waals surface area contributed by atoms with Crippen LogP contribution in [0.5, 0.6) is 0 Å². The normalized spacial score (nSPS) is 27.6. The number of pyridine rings is 1. The van der Waals surface area contributed by atoms with Crippen molar-refractivity contribution >= 4 is 0 Å². The van der Waals surface area contributed by atoms with E-state index in [2.05, 4.69) is 4.98 Å². The maximum absolute atomic E-state index is 10.6. The number of aromatic nitrogens is 1. The molecule has 2 atom stereocenters. The van der Waals surface area contributed by atoms with Crippen molar-refractivity contribution in [1.82, 2.24) is 4.98 Å². The van der Waals surface area contributed by atoms with E-state index in [4.69, 9.17) is 4.74 Å². The maximum atomic E-state index is 10.6. The number of aryl methyl sites for hydroxylation is 1. The smallest absolute Gasteiger partial charge is 0.0821 e. The van der Waals surface area contributed by atoms with Gasteiger partial charge in [-0.1, -0.05) is 12.8 Å². The highest BCUT2D eigenvalue weighted by Crippen LogP contribution is 2.45. The summed E-state index contributed by atoms with van der Waals surface area (Å²) in [6, 6.07) is 3.94. The van der Waals surface area contributed by atoms with E-state index in [1.165, 1.54) is 25.7 Å². The molecule has 1 aliphatic carbocycles. The van der Waals surface area contributed by atoms with Crippen molar-refractivity contribution in [3.8, 4) is 0 Å². The minimum Gasteiger partial charge on any atom is -0.388 e. The van der Waals surface area contributed by atoms with Gasteiger partial charge in [0.1, 0.15) is 0 Å². The average Bonchev–Trinajstić information content (AvgIpc) is 2.86. The van der Waals surface area contributed by atoms with E-state index < -0.39 is 0 Å². The Morgan fingerprint density at radius 3 is 2.95 bits per heavy atom. The lowest BCUT2D eigenvalue weighted by atomic mass is 9.80. The third kappa shape index (κ3) is 2.67. The third-order valence-electron chi connectivity index (χ3n) is 4.75. The molecule has 0 amide bonds. The zero-order chi connectivity index (χ0) is 13.3. The van der Waals surface area contributed by atoms with Crippen molar-refractivity contribution in [3.05, 3.63) is 29.6 Å². The Balaban J connectivity index is 1.74. The van der Waals surface area contributed by atoms with E-state index in [9.17, 15) is 5.11 Å². The van der Waals surface area contributed by atoms with E-state index in [1.54, 1.807) is 6.20 Å². The number of hydrogen-bond acceptors (Lipinski definition) is 3. The lowest BCUT2D eigenvalue weighted by molar-refractivity contribution is -0.113. The number of hydrogen-bond donors (Lipinski definition) is 1. The van der Waals surface area contributed by atoms with Crippen LogP contribution in [0.2, 0.25) is 0 Å². The Morgan fingerprint density at radius 1 is 1.42 bits per heavy atom. The largest absolute Gasteiger partial charge is 0.388 e. The number of nitrogens with zero attached hydrogens (tertiary/aromatic N) is 1. The molecule has 1 spiro atoms. The summed E-state index contributed by atoms with van der Waals surface area (Å²) in [5.41, 5.74) is 2.05. The quantitative estimate of drug-likeness (QED) is 0.889. The van der Waals surface area contributed by atoms with E-state index in [1.807, 2.05) is 19.1 Å². The van der Waals surface area contributed by atoms with E-state index in [-0.39, 0.29) is 11.7 Å². The molecule has 1 aromatic heterocycles. The number of aliphatic hydroxyl groups excluding tert-OH is 1. The van der Waals surface area contributed by atoms with Crippen molar-refractivity contribution in [1.29, 1.82) is 0 Å². The van der Waals surface area contributed by atoms with Crippen molar-refractivity contribution in [2.24, 2.45) is 5.92 Å². The number of rotatable bonds is 2. The first-order valence-corrected chi connectivity index (χ1v) is 7.43. The van der Waals surface area contributed by atoms with Gasteiger partial charge in [-0.15, -0.1) is 0 Å². The Hall–Kier alpha value is -0.930. The van der Waals surface area contributed by atoms with E-state index in [0.717, 1.165) is 30.7 Å². The highest BCUT2D eigenvalue weighted by Gasteiger charge is 2.41. The maximum Gasteiger partial charge on any atom is 0.0821 e. The fourth-order valence-electron chi connectivity index (χ4n) is 3.73. The molecule has 2 heterocycles. The third-order valence-corrected chi connectivity index (χ3v) is 4.75. The summed E-state index contributed by atoms with van der Waals surface area (Å²) < 4.78 is 6.04. The molecule has 0 bridgehead atoms. The molecule has 0 aromatic carbocycles. The second-order valence-electron chi connectivity index (χ2n) is 6.17. The molecule has 2 aliphatic rings. The summed E-state index contributed by atoms with van der Waals surface area (Å²) in [6.07, 6.45) is 8.28. The highest BCUT2D eigenvalue weighted by atomic mass is 16.5. The van der Waals surface area contributed by atoms with Crippen molar-refractivity contribution < 1.29 is 9.84 Å². The molecule has 1 saturated carbocycles. The Bertz CT molecular complexity index is 440. The summed E-state index contributed by atoms with van der Waals surface area (Å²) in [7, 11) is 0. The predicted octanol–water partition coefficient (Wildman–Crippen LogP) is 3.16. The standard InChI is InChI=1S/C16H23NO2/c1-12-10-13(4-8-17-12)15(18)14-5-9-19-16(11-14)6-2-3-7-16/h4,8,10,14-15,18H,2-3,5-7,9,11H2,1H3. The molecule has 1 saturated heterocycles. The van der Waals surface area contributed by atoms with Gasteiger partial charge in [0, 0.05) is 18.5 Å². The monoisotopic (exact) mass is 261 g/mol. The summed E-state index contributed by atoms with van der Waals surface area (Å²) in [5, 5.41) is 10.6. The topological polar surface area (TPSA) is 42.4 Å². The van der Waals surface area contributed by atoms with Crippen LogP contribution in [0.4, 0.5) is 0 Å². The summed E-state index contributed by atoms with van der Waals surface area (Å²) >= 11 is 0. The number of ether oxygens (including phenoxy) is 1. The molecular formula is C16H23NO2. The molecule has 2 fully saturated rings. The Kier molecular flexibility index (Phi) is 3.59. The molecule has 1 aromatic rings. The Labute approximate surface area is 115 Å². The highest BCUT2D eigenvalue weighted by molar-refractivity contribution is 5.19. The fraction of sp³-hybridized carbons (Fsp3) is 0.688. The van der Waals surface area contributed by atoms with Crippen LogP contribution in [-0.2, 0) is 4.74 Å². The van der Waals surface area contributed by atoms with Gasteiger partial charge in [-0.2, -0.15) is 0 Å². The SMILES string of the molecule is Cc1cc(C(O)C2CCOC3(CCCC3)C2)ccn1. The van der Waals surface area contributed by atoms with E-state index >= 15 is 0 Å². The minimum atomic E-state index is -0.372. The van der Waals surface area contributed by atoms with Gasteiger partial charge in [-0.25, -0.2) is 0 Å². The van der Waals surface area contributed by atoms with Crippen LogP contribution in [0.25, 0.3) is 0 Å². The fourth-order valence-corrected chi connectivity index (χ4v) is 3.73. The predicted molar refractivity (Wildman–Crippen MR) is 73.8 cm³/mol. The molecular weight excluding hydrogens is 238 g/mol. The van der Waals surface area contributed by atoms with Gasteiger partial charge in [0.05, 0.1) is 11.7 Å². The molecule has 3 rings (SSSR count). The van der Waals surface area contributed by atoms with Crippen LogP contribution in [0, 0.1) is 12.8 Å². The second-order valence-corrected chi connectivity index (χ2v) is 6.17. The van der Waals surface area contributed by atoms with Crippen LogP contribution in [-0.4, -0.2) is 22.3 Å². The lowest BCUT2D eigenvalue weighted by Gasteiger charge is -2.40. The van der Waals surface area contributed by atoms with E-state index in [0.29, 0.717) is 5.92 Å². The summed E-state index contributed by atoms with van der Waals surface area (Å²) in [5.74, 6) is 0.327. The van der Waals surface area contributed by atoms with Gasteiger partial charge in [-0.3, -0.25) is 4.98 Å². The molecule has 2 unspecified atom stereocenters. The lowest BCUT2D eigenvalue weighted by Crippen LogP contribution is -2.39. The van der Waals surface area contributed by atoms with Crippen LogP contribution < -0.4 is 0 Å². The van der Waals surface area contributed by atoms with Gasteiger partial charge in [-0.05, 0) is 56.2 Å². The molecule has 1 N–H and O–H groups in total. The molecule has 104 valence electrons. The summed E-state index contributed by atoms with van der Waals surface area (Å²) in [4.78, 5) is 4.20. The van der Waals surface area contributed by atoms with Crippen molar-refractivity contribution in [2.75, 3.05) is 6.61 Å². The molecule has 0 radical (unpaired) electrons. The van der Waals surface area contributed by atoms with Crippen LogP contribution in [0.1, 0.15) is 55.9 Å². The van der Waals surface area contributed by atoms with Gasteiger partial charge in [0.25, 0.3) is 0 Å². The zero-order valence-electron chi connectivity index (χ0n) is 11.6. The molecule has 1 aliphatic heterocycles. The molecule has 3 nitrogen and oxygen atoms in total. The van der Waals surface area contributed by atoms with Crippen molar-refractivity contribution in [2.45, 2.75) is 57.2 Å². The minimum absolute atomic E-state index is 0.0754. The molecule has 3 heteroatoms. The Morgan fingerprint density at radius 2 is 2.21 bits per heavy atom. The van der Waals surface area contributed by atoms with Gasteiger partial charge < -0.3 is 9.84 Å². The first-order valence-electron chi connectivity index (χ1n) is 7.43. The van der Waals surface area contributed by atoms with Crippen LogP contribution >= 0.6 is 0 Å².